The van der Waals surface area contributed by atoms with E-state index < -0.39 is 6.29 Å². The standard InChI is InChI=1S/C8H7F2NO2.C7H9NO.C2H6/c1-11-5-2-3-6-7(4-5)13-8(9,10)12-6;1-6-3-4-7(9-2)5-8-6;1-2/h2-4,11H,1H3;3-5H,1-2H3;1-2H3. The minimum atomic E-state index is -3.53. The summed E-state index contributed by atoms with van der Waals surface area (Å²) in [7, 11) is 3.32. The molecule has 3 rings (SSSR count). The number of hydrogen-bond acceptors (Lipinski definition) is 5. The molecule has 5 nitrogen and oxygen atoms in total. The van der Waals surface area contributed by atoms with Crippen LogP contribution in [-0.4, -0.2) is 25.4 Å². The molecule has 132 valence electrons. The third-order valence-corrected chi connectivity index (χ3v) is 2.81. The van der Waals surface area contributed by atoms with E-state index in [1.165, 1.54) is 12.1 Å². The summed E-state index contributed by atoms with van der Waals surface area (Å²) in [5.41, 5.74) is 1.70. The molecule has 1 aromatic heterocycles. The number of hydrogen-bond donors (Lipinski definition) is 1. The number of pyridine rings is 1. The zero-order valence-corrected chi connectivity index (χ0v) is 14.4. The number of methoxy groups -OCH3 is 1. The van der Waals surface area contributed by atoms with Crippen LogP contribution in [0.5, 0.6) is 17.2 Å². The predicted octanol–water partition coefficient (Wildman–Crippen LogP) is 4.47. The summed E-state index contributed by atoms with van der Waals surface area (Å²) < 4.78 is 38.4. The van der Waals surface area contributed by atoms with Crippen molar-refractivity contribution in [2.24, 2.45) is 0 Å². The normalized spacial score (nSPS) is 13.0. The monoisotopic (exact) mass is 340 g/mol. The molecule has 0 bridgehead atoms. The molecular formula is C17H22F2N2O3. The lowest BCUT2D eigenvalue weighted by Crippen LogP contribution is -2.25. The number of anilines is 1. The number of nitrogens with one attached hydrogen (secondary N) is 1. The minimum absolute atomic E-state index is 0.0526. The Balaban J connectivity index is 0.000000230. The van der Waals surface area contributed by atoms with Gasteiger partial charge in [0.25, 0.3) is 0 Å². The molecule has 0 saturated carbocycles. The average Bonchev–Trinajstić information content (AvgIpc) is 2.90. The number of halogens is 2. The first kappa shape index (κ1) is 19.5. The van der Waals surface area contributed by atoms with Crippen LogP contribution in [0.1, 0.15) is 19.5 Å². The van der Waals surface area contributed by atoms with E-state index in [2.05, 4.69) is 19.8 Å². The third kappa shape index (κ3) is 5.57. The topological polar surface area (TPSA) is 52.6 Å². The van der Waals surface area contributed by atoms with Crippen molar-refractivity contribution in [3.8, 4) is 17.2 Å². The molecule has 1 aliphatic rings. The highest BCUT2D eigenvalue weighted by molar-refractivity contribution is 5.55. The van der Waals surface area contributed by atoms with Crippen LogP contribution in [0.2, 0.25) is 0 Å². The number of aryl methyl sites for hydroxylation is 1. The lowest BCUT2D eigenvalue weighted by Gasteiger charge is -2.04. The first-order valence-electron chi connectivity index (χ1n) is 7.48. The number of benzene rings is 1. The molecule has 24 heavy (non-hydrogen) atoms. The Morgan fingerprint density at radius 2 is 1.75 bits per heavy atom. The largest absolute Gasteiger partial charge is 0.586 e. The summed E-state index contributed by atoms with van der Waals surface area (Å²) in [5, 5.41) is 2.80. The number of ether oxygens (including phenoxy) is 3. The van der Waals surface area contributed by atoms with E-state index in [4.69, 9.17) is 4.74 Å². The highest BCUT2D eigenvalue weighted by Gasteiger charge is 2.43. The fourth-order valence-corrected chi connectivity index (χ4v) is 1.68. The van der Waals surface area contributed by atoms with Crippen LogP contribution in [0.15, 0.2) is 36.5 Å². The number of fused-ring (bicyclic) bond motifs is 1. The summed E-state index contributed by atoms with van der Waals surface area (Å²) in [6.45, 7) is 5.94. The van der Waals surface area contributed by atoms with E-state index in [0.29, 0.717) is 5.69 Å². The van der Waals surface area contributed by atoms with Gasteiger partial charge in [0.15, 0.2) is 11.5 Å². The summed E-state index contributed by atoms with van der Waals surface area (Å²) >= 11 is 0. The molecule has 1 N–H and O–H groups in total. The number of nitrogens with zero attached hydrogens (tertiary/aromatic N) is 1. The van der Waals surface area contributed by atoms with Gasteiger partial charge < -0.3 is 19.5 Å². The maximum atomic E-state index is 12.5. The molecule has 1 aliphatic heterocycles. The average molecular weight is 340 g/mol. The van der Waals surface area contributed by atoms with E-state index in [0.717, 1.165) is 11.4 Å². The molecule has 7 heteroatoms. The van der Waals surface area contributed by atoms with Crippen LogP contribution in [0.3, 0.4) is 0 Å². The van der Waals surface area contributed by atoms with Crippen LogP contribution >= 0.6 is 0 Å². The molecule has 0 amide bonds. The van der Waals surface area contributed by atoms with Gasteiger partial charge in [0.2, 0.25) is 0 Å². The highest BCUT2D eigenvalue weighted by Crippen LogP contribution is 2.41. The van der Waals surface area contributed by atoms with E-state index >= 15 is 0 Å². The first-order chi connectivity index (χ1) is 11.4. The molecule has 0 radical (unpaired) electrons. The second kappa shape index (κ2) is 8.90. The van der Waals surface area contributed by atoms with Gasteiger partial charge in [-0.2, -0.15) is 0 Å². The van der Waals surface area contributed by atoms with E-state index in [1.54, 1.807) is 26.4 Å². The van der Waals surface area contributed by atoms with Gasteiger partial charge >= 0.3 is 6.29 Å². The van der Waals surface area contributed by atoms with Gasteiger partial charge in [0.1, 0.15) is 5.75 Å². The van der Waals surface area contributed by atoms with Gasteiger partial charge in [0.05, 0.1) is 13.3 Å². The van der Waals surface area contributed by atoms with Gasteiger partial charge in [-0.15, -0.1) is 8.78 Å². The van der Waals surface area contributed by atoms with Crippen molar-refractivity contribution in [3.63, 3.8) is 0 Å². The number of rotatable bonds is 2. The van der Waals surface area contributed by atoms with Crippen LogP contribution in [-0.2, 0) is 0 Å². The first-order valence-corrected chi connectivity index (χ1v) is 7.48. The fourth-order valence-electron chi connectivity index (χ4n) is 1.68. The maximum absolute atomic E-state index is 12.5. The van der Waals surface area contributed by atoms with Crippen LogP contribution in [0, 0.1) is 6.92 Å². The Morgan fingerprint density at radius 3 is 2.29 bits per heavy atom. The summed E-state index contributed by atoms with van der Waals surface area (Å²) in [5.74, 6) is 0.918. The van der Waals surface area contributed by atoms with Crippen LogP contribution in [0.25, 0.3) is 0 Å². The van der Waals surface area contributed by atoms with Gasteiger partial charge in [-0.1, -0.05) is 13.8 Å². The lowest BCUT2D eigenvalue weighted by atomic mass is 10.3. The molecular weight excluding hydrogens is 318 g/mol. The second-order valence-electron chi connectivity index (χ2n) is 4.42. The van der Waals surface area contributed by atoms with E-state index in [1.807, 2.05) is 32.9 Å². The second-order valence-corrected chi connectivity index (χ2v) is 4.42. The fraction of sp³-hybridized carbons (Fsp3) is 0.353. The van der Waals surface area contributed by atoms with E-state index in [-0.39, 0.29) is 11.5 Å². The maximum Gasteiger partial charge on any atom is 0.586 e. The molecule has 2 aromatic rings. The van der Waals surface area contributed by atoms with Gasteiger partial charge in [-0.05, 0) is 31.2 Å². The summed E-state index contributed by atoms with van der Waals surface area (Å²) in [6, 6.07) is 8.32. The number of alkyl halides is 2. The van der Waals surface area contributed by atoms with Gasteiger partial charge in [-0.3, -0.25) is 4.98 Å². The van der Waals surface area contributed by atoms with Gasteiger partial charge in [0, 0.05) is 24.5 Å². The zero-order chi connectivity index (χ0) is 18.2. The molecule has 0 aliphatic carbocycles. The SMILES string of the molecule is CC.CNc1ccc2c(c1)OC(F)(F)O2.COc1ccc(C)nc1. The molecule has 0 atom stereocenters. The van der Waals surface area contributed by atoms with Crippen molar-refractivity contribution in [3.05, 3.63) is 42.2 Å². The predicted molar refractivity (Wildman–Crippen MR) is 89.1 cm³/mol. The lowest BCUT2D eigenvalue weighted by molar-refractivity contribution is -0.286. The summed E-state index contributed by atoms with van der Waals surface area (Å²) in [6.07, 6.45) is -1.83. The molecule has 2 heterocycles. The zero-order valence-electron chi connectivity index (χ0n) is 14.4. The quantitative estimate of drug-likeness (QED) is 0.874. The smallest absolute Gasteiger partial charge is 0.495 e. The molecule has 0 unspecified atom stereocenters. The Morgan fingerprint density at radius 1 is 1.08 bits per heavy atom. The Labute approximate surface area is 140 Å². The Hall–Kier alpha value is -2.57. The van der Waals surface area contributed by atoms with Crippen molar-refractivity contribution in [2.75, 3.05) is 19.5 Å². The van der Waals surface area contributed by atoms with E-state index in [9.17, 15) is 8.78 Å². The van der Waals surface area contributed by atoms with Crippen LogP contribution in [0.4, 0.5) is 14.5 Å². The van der Waals surface area contributed by atoms with Crippen molar-refractivity contribution in [1.29, 1.82) is 0 Å². The van der Waals surface area contributed by atoms with Gasteiger partial charge in [-0.25, -0.2) is 0 Å². The molecule has 0 fully saturated rings. The molecule has 0 spiro atoms. The minimum Gasteiger partial charge on any atom is -0.495 e. The van der Waals surface area contributed by atoms with Crippen molar-refractivity contribution in [2.45, 2.75) is 27.1 Å². The molecule has 0 saturated heterocycles. The van der Waals surface area contributed by atoms with Crippen molar-refractivity contribution < 1.29 is 23.0 Å². The Kier molecular flexibility index (Phi) is 7.23. The number of aromatic nitrogens is 1. The molecule has 1 aromatic carbocycles. The highest BCUT2D eigenvalue weighted by atomic mass is 19.3. The third-order valence-electron chi connectivity index (χ3n) is 2.81. The van der Waals surface area contributed by atoms with Crippen molar-refractivity contribution >= 4 is 5.69 Å². The Bertz CT molecular complexity index is 634. The summed E-state index contributed by atoms with van der Waals surface area (Å²) in [4.78, 5) is 4.02. The van der Waals surface area contributed by atoms with Crippen molar-refractivity contribution in [1.82, 2.24) is 4.98 Å². The van der Waals surface area contributed by atoms with Crippen LogP contribution < -0.4 is 19.5 Å².